The molecule has 0 heterocycles. The normalized spacial score (nSPS) is 36.4. The van der Waals surface area contributed by atoms with Gasteiger partial charge in [0, 0.05) is 12.6 Å². The second kappa shape index (κ2) is 5.32. The minimum Gasteiger partial charge on any atom is -0.354 e. The van der Waals surface area contributed by atoms with Crippen LogP contribution < -0.4 is 10.6 Å². The lowest BCUT2D eigenvalue weighted by atomic mass is 9.68. The number of nitrogens with one attached hydrogen (secondary N) is 2. The maximum Gasteiger partial charge on any atom is 0.236 e. The van der Waals surface area contributed by atoms with Crippen LogP contribution in [-0.2, 0) is 4.79 Å². The van der Waals surface area contributed by atoms with Crippen molar-refractivity contribution in [2.45, 2.75) is 72.9 Å². The molecule has 2 unspecified atom stereocenters. The molecule has 0 saturated heterocycles. The van der Waals surface area contributed by atoms with Gasteiger partial charge in [0.25, 0.3) is 0 Å². The summed E-state index contributed by atoms with van der Waals surface area (Å²) >= 11 is 0. The first kappa shape index (κ1) is 15.8. The maximum atomic E-state index is 12.2. The lowest BCUT2D eigenvalue weighted by Gasteiger charge is -2.44. The van der Waals surface area contributed by atoms with Crippen LogP contribution >= 0.6 is 0 Å². The Kier molecular flexibility index (Phi) is 4.21. The zero-order valence-corrected chi connectivity index (χ0v) is 14.0. The van der Waals surface area contributed by atoms with E-state index in [2.05, 4.69) is 45.3 Å². The molecule has 0 radical (unpaired) electrons. The molecule has 3 heteroatoms. The minimum absolute atomic E-state index is 0.103. The van der Waals surface area contributed by atoms with Crippen LogP contribution in [0.5, 0.6) is 0 Å². The van der Waals surface area contributed by atoms with Crippen LogP contribution in [-0.4, -0.2) is 24.5 Å². The fourth-order valence-corrected chi connectivity index (χ4v) is 4.50. The highest BCUT2D eigenvalue weighted by atomic mass is 16.2. The van der Waals surface area contributed by atoms with E-state index < -0.39 is 0 Å². The molecule has 2 fully saturated rings. The summed E-state index contributed by atoms with van der Waals surface area (Å²) in [5.41, 5.74) is 0.681. The maximum absolute atomic E-state index is 12.2. The van der Waals surface area contributed by atoms with Crippen molar-refractivity contribution < 1.29 is 4.79 Å². The van der Waals surface area contributed by atoms with E-state index in [-0.39, 0.29) is 11.9 Å². The number of hydrogen-bond acceptors (Lipinski definition) is 2. The van der Waals surface area contributed by atoms with Gasteiger partial charge in [-0.1, -0.05) is 34.6 Å². The standard InChI is InChI=1S/C17H32N2O/c1-11(2)10-18-14(20)12(3)19-15-16(4,5)13-7-8-17(15,6)9-13/h11-13,15,19H,7-10H2,1-6H3,(H,18,20)/t12?,13-,15?,17+/m0/s1. The van der Waals surface area contributed by atoms with Gasteiger partial charge in [0.15, 0.2) is 0 Å². The van der Waals surface area contributed by atoms with E-state index in [9.17, 15) is 4.79 Å². The Labute approximate surface area is 124 Å². The van der Waals surface area contributed by atoms with Gasteiger partial charge in [-0.05, 0) is 48.9 Å². The molecule has 3 nitrogen and oxygen atoms in total. The molecule has 116 valence electrons. The number of carbonyl (C=O) groups excluding carboxylic acids is 1. The Morgan fingerprint density at radius 2 is 1.90 bits per heavy atom. The Balaban J connectivity index is 1.97. The van der Waals surface area contributed by atoms with Crippen molar-refractivity contribution in [1.82, 2.24) is 10.6 Å². The lowest BCUT2D eigenvalue weighted by molar-refractivity contribution is -0.123. The van der Waals surface area contributed by atoms with Gasteiger partial charge < -0.3 is 10.6 Å². The van der Waals surface area contributed by atoms with E-state index in [1.807, 2.05) is 6.92 Å². The molecule has 1 amide bonds. The highest BCUT2D eigenvalue weighted by Crippen LogP contribution is 2.62. The predicted molar refractivity (Wildman–Crippen MR) is 83.5 cm³/mol. The molecule has 2 saturated carbocycles. The summed E-state index contributed by atoms with van der Waals surface area (Å²) in [5, 5.41) is 6.69. The third kappa shape index (κ3) is 2.74. The second-order valence-electron chi connectivity index (χ2n) is 8.38. The van der Waals surface area contributed by atoms with E-state index in [4.69, 9.17) is 0 Å². The first-order chi connectivity index (χ1) is 9.17. The van der Waals surface area contributed by atoms with Crippen LogP contribution in [0.4, 0.5) is 0 Å². The molecular formula is C17H32N2O. The van der Waals surface area contributed by atoms with Gasteiger partial charge in [-0.3, -0.25) is 4.79 Å². The van der Waals surface area contributed by atoms with Gasteiger partial charge in [0.2, 0.25) is 5.91 Å². The highest BCUT2D eigenvalue weighted by molar-refractivity contribution is 5.81. The fraction of sp³-hybridized carbons (Fsp3) is 0.941. The molecule has 2 aliphatic rings. The number of carbonyl (C=O) groups is 1. The molecule has 0 spiro atoms. The number of amides is 1. The van der Waals surface area contributed by atoms with E-state index in [1.54, 1.807) is 0 Å². The van der Waals surface area contributed by atoms with Crippen molar-refractivity contribution in [2.75, 3.05) is 6.54 Å². The number of rotatable bonds is 5. The summed E-state index contributed by atoms with van der Waals surface area (Å²) in [7, 11) is 0. The molecule has 4 atom stereocenters. The third-order valence-corrected chi connectivity index (χ3v) is 5.76. The smallest absolute Gasteiger partial charge is 0.236 e. The first-order valence-corrected chi connectivity index (χ1v) is 8.20. The summed E-state index contributed by atoms with van der Waals surface area (Å²) in [5.74, 6) is 1.46. The molecule has 2 bridgehead atoms. The Morgan fingerprint density at radius 1 is 1.25 bits per heavy atom. The van der Waals surface area contributed by atoms with E-state index in [0.717, 1.165) is 12.5 Å². The Hall–Kier alpha value is -0.570. The Morgan fingerprint density at radius 3 is 2.40 bits per heavy atom. The summed E-state index contributed by atoms with van der Waals surface area (Å²) in [6.07, 6.45) is 3.98. The molecule has 0 aromatic carbocycles. The summed E-state index contributed by atoms with van der Waals surface area (Å²) < 4.78 is 0. The monoisotopic (exact) mass is 280 g/mol. The molecule has 0 aliphatic heterocycles. The van der Waals surface area contributed by atoms with Crippen molar-refractivity contribution in [3.63, 3.8) is 0 Å². The number of hydrogen-bond donors (Lipinski definition) is 2. The van der Waals surface area contributed by atoms with E-state index in [1.165, 1.54) is 19.3 Å². The average Bonchev–Trinajstić information content (AvgIpc) is 2.82. The van der Waals surface area contributed by atoms with Crippen molar-refractivity contribution in [1.29, 1.82) is 0 Å². The van der Waals surface area contributed by atoms with Crippen LogP contribution in [0.1, 0.15) is 60.8 Å². The van der Waals surface area contributed by atoms with E-state index in [0.29, 0.717) is 22.8 Å². The van der Waals surface area contributed by atoms with Crippen LogP contribution in [0, 0.1) is 22.7 Å². The SMILES string of the molecule is CC(C)CNC(=O)C(C)NC1C(C)(C)[C@H]2CC[C@]1(C)C2. The van der Waals surface area contributed by atoms with Crippen LogP contribution in [0.25, 0.3) is 0 Å². The van der Waals surface area contributed by atoms with Crippen molar-refractivity contribution >= 4 is 5.91 Å². The summed E-state index contributed by atoms with van der Waals surface area (Å²) in [6, 6.07) is 0.350. The largest absolute Gasteiger partial charge is 0.354 e. The van der Waals surface area contributed by atoms with E-state index >= 15 is 0 Å². The molecule has 20 heavy (non-hydrogen) atoms. The second-order valence-corrected chi connectivity index (χ2v) is 8.38. The van der Waals surface area contributed by atoms with Gasteiger partial charge in [0.05, 0.1) is 6.04 Å². The summed E-state index contributed by atoms with van der Waals surface area (Å²) in [6.45, 7) is 14.2. The van der Waals surface area contributed by atoms with Crippen LogP contribution in [0.3, 0.4) is 0 Å². The van der Waals surface area contributed by atoms with Gasteiger partial charge in [-0.2, -0.15) is 0 Å². The topological polar surface area (TPSA) is 41.1 Å². The average molecular weight is 280 g/mol. The third-order valence-electron chi connectivity index (χ3n) is 5.76. The van der Waals surface area contributed by atoms with Crippen LogP contribution in [0.15, 0.2) is 0 Å². The molecule has 0 aromatic heterocycles. The molecular weight excluding hydrogens is 248 g/mol. The summed E-state index contributed by atoms with van der Waals surface area (Å²) in [4.78, 5) is 12.2. The van der Waals surface area contributed by atoms with Crippen LogP contribution in [0.2, 0.25) is 0 Å². The zero-order valence-electron chi connectivity index (χ0n) is 14.0. The lowest BCUT2D eigenvalue weighted by Crippen LogP contribution is -2.56. The number of fused-ring (bicyclic) bond motifs is 2. The molecule has 2 aliphatic carbocycles. The van der Waals surface area contributed by atoms with Crippen molar-refractivity contribution in [2.24, 2.45) is 22.7 Å². The van der Waals surface area contributed by atoms with Gasteiger partial charge >= 0.3 is 0 Å². The Bertz CT molecular complexity index is 372. The van der Waals surface area contributed by atoms with Gasteiger partial charge in [0.1, 0.15) is 0 Å². The van der Waals surface area contributed by atoms with Crippen molar-refractivity contribution in [3.05, 3.63) is 0 Å². The predicted octanol–water partition coefficient (Wildman–Crippen LogP) is 2.95. The van der Waals surface area contributed by atoms with Gasteiger partial charge in [-0.25, -0.2) is 0 Å². The molecule has 0 aromatic rings. The minimum atomic E-state index is -0.103. The quantitative estimate of drug-likeness (QED) is 0.813. The molecule has 2 N–H and O–H groups in total. The molecule has 2 rings (SSSR count). The highest BCUT2D eigenvalue weighted by Gasteiger charge is 2.59. The van der Waals surface area contributed by atoms with Crippen molar-refractivity contribution in [3.8, 4) is 0 Å². The fourth-order valence-electron chi connectivity index (χ4n) is 4.50. The first-order valence-electron chi connectivity index (χ1n) is 8.20. The van der Waals surface area contributed by atoms with Gasteiger partial charge in [-0.15, -0.1) is 0 Å². The zero-order chi connectivity index (χ0) is 15.1.